The summed E-state index contributed by atoms with van der Waals surface area (Å²) in [6, 6.07) is 13.3. The second-order valence-electron chi connectivity index (χ2n) is 7.70. The first-order valence-electron chi connectivity index (χ1n) is 10.9. The maximum Gasteiger partial charge on any atom is 0.260 e. The van der Waals surface area contributed by atoms with Gasteiger partial charge >= 0.3 is 0 Å². The highest BCUT2D eigenvalue weighted by atomic mass is 32.1. The molecule has 1 aromatic heterocycles. The lowest BCUT2D eigenvalue weighted by atomic mass is 10.1. The van der Waals surface area contributed by atoms with Crippen LogP contribution in [0.1, 0.15) is 29.6 Å². The molecule has 2 aromatic carbocycles. The first-order chi connectivity index (χ1) is 16.1. The molecule has 1 amide bonds. The fourth-order valence-electron chi connectivity index (χ4n) is 3.89. The molecular formula is C25H28N2O5S. The van der Waals surface area contributed by atoms with Crippen molar-refractivity contribution in [1.82, 2.24) is 4.98 Å². The lowest BCUT2D eigenvalue weighted by Gasteiger charge is -2.28. The quantitative estimate of drug-likeness (QED) is 0.461. The molecule has 4 rings (SSSR count). The highest BCUT2D eigenvalue weighted by Crippen LogP contribution is 2.39. The Kier molecular flexibility index (Phi) is 7.47. The number of methoxy groups -OCH3 is 3. The Bertz CT molecular complexity index is 1050. The van der Waals surface area contributed by atoms with Gasteiger partial charge in [0.1, 0.15) is 0 Å². The summed E-state index contributed by atoms with van der Waals surface area (Å²) in [5.74, 6) is 1.10. The minimum absolute atomic E-state index is 0.0335. The van der Waals surface area contributed by atoms with Gasteiger partial charge < -0.3 is 18.9 Å². The number of amides is 1. The Balaban J connectivity index is 1.70. The first-order valence-corrected chi connectivity index (χ1v) is 11.8. The lowest BCUT2D eigenvalue weighted by Crippen LogP contribution is -2.40. The Morgan fingerprint density at radius 3 is 2.42 bits per heavy atom. The Morgan fingerprint density at radius 2 is 1.82 bits per heavy atom. The normalized spacial score (nSPS) is 15.7. The molecule has 1 atom stereocenters. The summed E-state index contributed by atoms with van der Waals surface area (Å²) >= 11 is 1.44. The second kappa shape index (κ2) is 10.7. The number of nitrogens with zero attached hydrogens (tertiary/aromatic N) is 2. The molecule has 0 saturated carbocycles. The Hall–Kier alpha value is -3.10. The zero-order valence-corrected chi connectivity index (χ0v) is 19.9. The highest BCUT2D eigenvalue weighted by Gasteiger charge is 2.28. The summed E-state index contributed by atoms with van der Waals surface area (Å²) in [4.78, 5) is 20.3. The lowest BCUT2D eigenvalue weighted by molar-refractivity contribution is 0.0207. The van der Waals surface area contributed by atoms with Crippen molar-refractivity contribution in [2.24, 2.45) is 0 Å². The fraction of sp³-hybridized carbons (Fsp3) is 0.360. The molecule has 174 valence electrons. The third kappa shape index (κ3) is 5.12. The van der Waals surface area contributed by atoms with Gasteiger partial charge in [-0.15, -0.1) is 11.3 Å². The third-order valence-electron chi connectivity index (χ3n) is 5.61. The van der Waals surface area contributed by atoms with Crippen molar-refractivity contribution in [3.8, 4) is 28.5 Å². The summed E-state index contributed by atoms with van der Waals surface area (Å²) < 4.78 is 22.3. The molecule has 0 spiro atoms. The molecule has 0 radical (unpaired) electrons. The van der Waals surface area contributed by atoms with Gasteiger partial charge in [-0.25, -0.2) is 4.98 Å². The SMILES string of the molecule is COc1cc(C(=O)N(CC2CCCCO2)c2nc(-c3ccccc3)cs2)cc(OC)c1OC. The van der Waals surface area contributed by atoms with Gasteiger partial charge in [-0.2, -0.15) is 0 Å². The molecule has 1 aliphatic heterocycles. The average Bonchev–Trinajstić information content (AvgIpc) is 3.37. The van der Waals surface area contributed by atoms with Gasteiger partial charge in [-0.1, -0.05) is 30.3 Å². The summed E-state index contributed by atoms with van der Waals surface area (Å²) in [5.41, 5.74) is 2.27. The van der Waals surface area contributed by atoms with Crippen LogP contribution in [-0.2, 0) is 4.74 Å². The molecule has 0 bridgehead atoms. The van der Waals surface area contributed by atoms with E-state index in [0.29, 0.717) is 41.1 Å². The zero-order valence-electron chi connectivity index (χ0n) is 19.1. The van der Waals surface area contributed by atoms with Crippen LogP contribution in [0.15, 0.2) is 47.8 Å². The number of thiazole rings is 1. The van der Waals surface area contributed by atoms with E-state index in [1.807, 2.05) is 35.7 Å². The smallest absolute Gasteiger partial charge is 0.260 e. The van der Waals surface area contributed by atoms with Crippen LogP contribution < -0.4 is 19.1 Å². The molecule has 1 unspecified atom stereocenters. The number of ether oxygens (including phenoxy) is 4. The van der Waals surface area contributed by atoms with Gasteiger partial charge in [0.25, 0.3) is 5.91 Å². The van der Waals surface area contributed by atoms with Crippen LogP contribution in [0.4, 0.5) is 5.13 Å². The van der Waals surface area contributed by atoms with Gasteiger partial charge in [0.15, 0.2) is 16.6 Å². The van der Waals surface area contributed by atoms with Crippen LogP contribution in [0, 0.1) is 0 Å². The van der Waals surface area contributed by atoms with E-state index in [2.05, 4.69) is 0 Å². The van der Waals surface area contributed by atoms with Crippen molar-refractivity contribution < 1.29 is 23.7 Å². The zero-order chi connectivity index (χ0) is 23.2. The minimum Gasteiger partial charge on any atom is -0.493 e. The fourth-order valence-corrected chi connectivity index (χ4v) is 4.73. The van der Waals surface area contributed by atoms with Gasteiger partial charge in [-0.05, 0) is 31.4 Å². The van der Waals surface area contributed by atoms with Crippen molar-refractivity contribution in [1.29, 1.82) is 0 Å². The molecule has 8 heteroatoms. The summed E-state index contributed by atoms with van der Waals surface area (Å²) in [7, 11) is 4.60. The highest BCUT2D eigenvalue weighted by molar-refractivity contribution is 7.14. The maximum atomic E-state index is 13.8. The number of anilines is 1. The maximum absolute atomic E-state index is 13.8. The van der Waals surface area contributed by atoms with Crippen LogP contribution in [0.3, 0.4) is 0 Å². The molecule has 1 aliphatic rings. The van der Waals surface area contributed by atoms with E-state index < -0.39 is 0 Å². The van der Waals surface area contributed by atoms with E-state index in [0.717, 1.165) is 30.5 Å². The Morgan fingerprint density at radius 1 is 1.09 bits per heavy atom. The molecule has 1 saturated heterocycles. The van der Waals surface area contributed by atoms with Crippen LogP contribution in [0.25, 0.3) is 11.3 Å². The summed E-state index contributed by atoms with van der Waals surface area (Å²) in [6.45, 7) is 1.14. The Labute approximate surface area is 197 Å². The monoisotopic (exact) mass is 468 g/mol. The van der Waals surface area contributed by atoms with Gasteiger partial charge in [0, 0.05) is 23.1 Å². The number of hydrogen-bond acceptors (Lipinski definition) is 7. The van der Waals surface area contributed by atoms with Crippen LogP contribution in [0.5, 0.6) is 17.2 Å². The standard InChI is InChI=1S/C25H28N2O5S/c1-29-21-13-18(14-22(30-2)23(21)31-3)24(28)27(15-19-11-7-8-12-32-19)25-26-20(16-33-25)17-9-5-4-6-10-17/h4-6,9-10,13-14,16,19H,7-8,11-12,15H2,1-3H3. The van der Waals surface area contributed by atoms with E-state index >= 15 is 0 Å². The van der Waals surface area contributed by atoms with E-state index in [-0.39, 0.29) is 12.0 Å². The number of carbonyl (C=O) groups excluding carboxylic acids is 1. The average molecular weight is 469 g/mol. The van der Waals surface area contributed by atoms with Crippen molar-refractivity contribution in [2.75, 3.05) is 39.4 Å². The second-order valence-corrected chi connectivity index (χ2v) is 8.54. The van der Waals surface area contributed by atoms with E-state index in [1.165, 1.54) is 32.7 Å². The molecule has 0 aliphatic carbocycles. The van der Waals surface area contributed by atoms with E-state index in [1.54, 1.807) is 17.0 Å². The molecule has 33 heavy (non-hydrogen) atoms. The molecule has 2 heterocycles. The molecule has 3 aromatic rings. The predicted molar refractivity (Wildman–Crippen MR) is 129 cm³/mol. The summed E-state index contributed by atoms with van der Waals surface area (Å²) in [5, 5.41) is 2.60. The molecule has 1 fully saturated rings. The van der Waals surface area contributed by atoms with Crippen molar-refractivity contribution in [3.05, 3.63) is 53.4 Å². The van der Waals surface area contributed by atoms with E-state index in [9.17, 15) is 4.79 Å². The largest absolute Gasteiger partial charge is 0.493 e. The predicted octanol–water partition coefficient (Wildman–Crippen LogP) is 5.05. The van der Waals surface area contributed by atoms with Crippen LogP contribution in [-0.4, -0.2) is 51.5 Å². The first kappa shape index (κ1) is 23.1. The topological polar surface area (TPSA) is 70.1 Å². The number of carbonyl (C=O) groups is 1. The van der Waals surface area contributed by atoms with Gasteiger partial charge in [0.2, 0.25) is 5.75 Å². The molecular weight excluding hydrogens is 440 g/mol. The summed E-state index contributed by atoms with van der Waals surface area (Å²) in [6.07, 6.45) is 3.01. The van der Waals surface area contributed by atoms with Gasteiger partial charge in [0.05, 0.1) is 39.7 Å². The number of aromatic nitrogens is 1. The third-order valence-corrected chi connectivity index (χ3v) is 6.47. The molecule has 0 N–H and O–H groups in total. The molecule has 7 nitrogen and oxygen atoms in total. The van der Waals surface area contributed by atoms with Crippen molar-refractivity contribution in [2.45, 2.75) is 25.4 Å². The van der Waals surface area contributed by atoms with Crippen molar-refractivity contribution in [3.63, 3.8) is 0 Å². The number of benzene rings is 2. The number of rotatable bonds is 8. The van der Waals surface area contributed by atoms with E-state index in [4.69, 9.17) is 23.9 Å². The minimum atomic E-state index is -0.197. The van der Waals surface area contributed by atoms with Gasteiger partial charge in [-0.3, -0.25) is 9.69 Å². The van der Waals surface area contributed by atoms with Crippen LogP contribution in [0.2, 0.25) is 0 Å². The van der Waals surface area contributed by atoms with Crippen LogP contribution >= 0.6 is 11.3 Å². The number of hydrogen-bond donors (Lipinski definition) is 0. The van der Waals surface area contributed by atoms with Crippen molar-refractivity contribution >= 4 is 22.4 Å².